The number of para-hydroxylation sites is 1. The van der Waals surface area contributed by atoms with Crippen LogP contribution in [0.1, 0.15) is 6.42 Å². The Balaban J connectivity index is 1.43. The second-order valence-corrected chi connectivity index (χ2v) is 7.91. The molecule has 1 unspecified atom stereocenters. The number of amides is 2. The molecule has 0 spiro atoms. The molecular formula is C21H21Cl2N5O2. The summed E-state index contributed by atoms with van der Waals surface area (Å²) < 4.78 is 0. The van der Waals surface area contributed by atoms with Crippen LogP contribution in [0, 0.1) is 0 Å². The van der Waals surface area contributed by atoms with Crippen molar-refractivity contribution in [3.05, 3.63) is 58.6 Å². The van der Waals surface area contributed by atoms with Gasteiger partial charge in [0.1, 0.15) is 6.04 Å². The van der Waals surface area contributed by atoms with Gasteiger partial charge in [-0.25, -0.2) is 4.99 Å². The average molecular weight is 446 g/mol. The molecule has 0 aromatic heterocycles. The Morgan fingerprint density at radius 1 is 1.00 bits per heavy atom. The minimum absolute atomic E-state index is 0.0164. The fourth-order valence-corrected chi connectivity index (χ4v) is 3.87. The summed E-state index contributed by atoms with van der Waals surface area (Å²) in [5, 5.41) is 6.13. The van der Waals surface area contributed by atoms with E-state index >= 15 is 0 Å². The minimum Gasteiger partial charge on any atom is -0.368 e. The molecule has 2 amide bonds. The lowest BCUT2D eigenvalue weighted by Crippen LogP contribution is -2.56. The van der Waals surface area contributed by atoms with E-state index < -0.39 is 11.9 Å². The number of piperazine rings is 1. The van der Waals surface area contributed by atoms with Crippen LogP contribution < -0.4 is 15.5 Å². The summed E-state index contributed by atoms with van der Waals surface area (Å²) in [5.41, 5.74) is 1.57. The van der Waals surface area contributed by atoms with Gasteiger partial charge in [0, 0.05) is 31.9 Å². The summed E-state index contributed by atoms with van der Waals surface area (Å²) in [5.74, 6) is -0.187. The van der Waals surface area contributed by atoms with Gasteiger partial charge in [0.2, 0.25) is 17.8 Å². The largest absolute Gasteiger partial charge is 0.368 e. The highest BCUT2D eigenvalue weighted by Gasteiger charge is 2.31. The number of guanidine groups is 1. The fourth-order valence-electron chi connectivity index (χ4n) is 3.52. The standard InChI is InChI=1S/C21H21Cl2N5O2/c22-15-7-4-8-16(19(15)23)24-20(30)17-13-18(29)26-21(25-17)28-11-9-27(10-12-28)14-5-2-1-3-6-14/h1-8,17H,9-13H2,(H,24,30)(H,25,26,29). The first-order chi connectivity index (χ1) is 14.5. The van der Waals surface area contributed by atoms with E-state index in [2.05, 4.69) is 32.7 Å². The fraction of sp³-hybridized carbons (Fsp3) is 0.286. The highest BCUT2D eigenvalue weighted by atomic mass is 35.5. The van der Waals surface area contributed by atoms with E-state index in [9.17, 15) is 9.59 Å². The number of nitrogens with one attached hydrogen (secondary N) is 2. The highest BCUT2D eigenvalue weighted by Crippen LogP contribution is 2.30. The van der Waals surface area contributed by atoms with Crippen LogP contribution in [0.5, 0.6) is 0 Å². The van der Waals surface area contributed by atoms with Crippen LogP contribution in [-0.2, 0) is 9.59 Å². The summed E-state index contributed by atoms with van der Waals surface area (Å²) in [6, 6.07) is 14.3. The number of hydrogen-bond acceptors (Lipinski definition) is 5. The molecule has 1 atom stereocenters. The smallest absolute Gasteiger partial charge is 0.249 e. The number of hydrogen-bond donors (Lipinski definition) is 2. The van der Waals surface area contributed by atoms with Gasteiger partial charge in [0.05, 0.1) is 22.2 Å². The van der Waals surface area contributed by atoms with E-state index in [1.165, 1.54) is 5.69 Å². The van der Waals surface area contributed by atoms with Gasteiger partial charge in [-0.05, 0) is 24.3 Å². The third-order valence-corrected chi connectivity index (χ3v) is 5.94. The second kappa shape index (κ2) is 8.93. The van der Waals surface area contributed by atoms with Gasteiger partial charge >= 0.3 is 0 Å². The van der Waals surface area contributed by atoms with Crippen LogP contribution in [0.3, 0.4) is 0 Å². The van der Waals surface area contributed by atoms with E-state index in [4.69, 9.17) is 23.2 Å². The van der Waals surface area contributed by atoms with E-state index in [1.807, 2.05) is 23.1 Å². The Labute approximate surface area is 184 Å². The molecule has 2 N–H and O–H groups in total. The third kappa shape index (κ3) is 4.52. The highest BCUT2D eigenvalue weighted by molar-refractivity contribution is 6.44. The maximum absolute atomic E-state index is 12.7. The first-order valence-corrected chi connectivity index (χ1v) is 10.4. The normalized spacial score (nSPS) is 19.2. The predicted octanol–water partition coefficient (Wildman–Crippen LogP) is 3.00. The topological polar surface area (TPSA) is 77.0 Å². The summed E-state index contributed by atoms with van der Waals surface area (Å²) in [6.45, 7) is 2.99. The van der Waals surface area contributed by atoms with Gasteiger partial charge in [-0.3, -0.25) is 14.9 Å². The van der Waals surface area contributed by atoms with Crippen molar-refractivity contribution < 1.29 is 9.59 Å². The lowest BCUT2D eigenvalue weighted by Gasteiger charge is -2.38. The zero-order valence-corrected chi connectivity index (χ0v) is 17.7. The molecule has 1 saturated heterocycles. The number of carbonyl (C=O) groups is 2. The molecule has 9 heteroatoms. The van der Waals surface area contributed by atoms with Crippen LogP contribution in [0.15, 0.2) is 53.5 Å². The molecule has 7 nitrogen and oxygen atoms in total. The first kappa shape index (κ1) is 20.5. The van der Waals surface area contributed by atoms with Crippen molar-refractivity contribution in [3.8, 4) is 0 Å². The lowest BCUT2D eigenvalue weighted by atomic mass is 10.1. The number of anilines is 2. The molecule has 0 bridgehead atoms. The van der Waals surface area contributed by atoms with Gasteiger partial charge in [-0.2, -0.15) is 0 Å². The van der Waals surface area contributed by atoms with Crippen molar-refractivity contribution in [2.75, 3.05) is 36.4 Å². The molecule has 4 rings (SSSR count). The maximum Gasteiger partial charge on any atom is 0.249 e. The summed E-state index contributed by atoms with van der Waals surface area (Å²) in [6.07, 6.45) is -0.0164. The first-order valence-electron chi connectivity index (χ1n) is 9.69. The number of nitrogens with zero attached hydrogens (tertiary/aromatic N) is 3. The van der Waals surface area contributed by atoms with Crippen molar-refractivity contribution in [2.45, 2.75) is 12.5 Å². The molecule has 2 heterocycles. The Morgan fingerprint density at radius 3 is 2.43 bits per heavy atom. The van der Waals surface area contributed by atoms with Crippen LogP contribution in [0.2, 0.25) is 10.0 Å². The molecular weight excluding hydrogens is 425 g/mol. The molecule has 1 fully saturated rings. The number of aliphatic imine (C=N–C) groups is 1. The van der Waals surface area contributed by atoms with Crippen molar-refractivity contribution >= 4 is 52.4 Å². The van der Waals surface area contributed by atoms with Crippen LogP contribution in [0.4, 0.5) is 11.4 Å². The predicted molar refractivity (Wildman–Crippen MR) is 119 cm³/mol. The number of benzene rings is 2. The molecule has 2 aromatic rings. The quantitative estimate of drug-likeness (QED) is 0.760. The molecule has 30 heavy (non-hydrogen) atoms. The monoisotopic (exact) mass is 445 g/mol. The van der Waals surface area contributed by atoms with Crippen molar-refractivity contribution in [1.82, 2.24) is 10.2 Å². The summed E-state index contributed by atoms with van der Waals surface area (Å²) >= 11 is 12.1. The SMILES string of the molecule is O=C1CC(C(=O)Nc2cccc(Cl)c2Cl)N=C(N2CCN(c3ccccc3)CC2)N1. The molecule has 2 aliphatic rings. The van der Waals surface area contributed by atoms with Crippen molar-refractivity contribution in [2.24, 2.45) is 4.99 Å². The van der Waals surface area contributed by atoms with Gasteiger partial charge in [-0.15, -0.1) is 0 Å². The zero-order valence-electron chi connectivity index (χ0n) is 16.1. The maximum atomic E-state index is 12.7. The number of carbonyl (C=O) groups excluding carboxylic acids is 2. The lowest BCUT2D eigenvalue weighted by molar-refractivity contribution is -0.125. The van der Waals surface area contributed by atoms with Crippen LogP contribution >= 0.6 is 23.2 Å². The van der Waals surface area contributed by atoms with E-state index in [0.717, 1.165) is 13.1 Å². The zero-order chi connectivity index (χ0) is 21.1. The van der Waals surface area contributed by atoms with E-state index in [-0.39, 0.29) is 17.4 Å². The second-order valence-electron chi connectivity index (χ2n) is 7.12. The van der Waals surface area contributed by atoms with Crippen molar-refractivity contribution in [3.63, 3.8) is 0 Å². The van der Waals surface area contributed by atoms with Gasteiger partial charge < -0.3 is 15.1 Å². The summed E-state index contributed by atoms with van der Waals surface area (Å²) in [4.78, 5) is 33.7. The average Bonchev–Trinajstić information content (AvgIpc) is 2.77. The number of rotatable bonds is 3. The van der Waals surface area contributed by atoms with E-state index in [0.29, 0.717) is 29.8 Å². The van der Waals surface area contributed by atoms with Crippen molar-refractivity contribution in [1.29, 1.82) is 0 Å². The Hall–Kier alpha value is -2.77. The Bertz CT molecular complexity index is 975. The molecule has 2 aromatic carbocycles. The molecule has 0 saturated carbocycles. The van der Waals surface area contributed by atoms with E-state index in [1.54, 1.807) is 18.2 Å². The Kier molecular flexibility index (Phi) is 6.11. The van der Waals surface area contributed by atoms with Gasteiger partial charge in [0.15, 0.2) is 0 Å². The Morgan fingerprint density at radius 2 is 1.70 bits per heavy atom. The molecule has 0 aliphatic carbocycles. The van der Waals surface area contributed by atoms with Gasteiger partial charge in [0.25, 0.3) is 0 Å². The summed E-state index contributed by atoms with van der Waals surface area (Å²) in [7, 11) is 0. The minimum atomic E-state index is -0.823. The van der Waals surface area contributed by atoms with Crippen LogP contribution in [-0.4, -0.2) is 54.9 Å². The van der Waals surface area contributed by atoms with Crippen LogP contribution in [0.25, 0.3) is 0 Å². The number of halogens is 2. The third-order valence-electron chi connectivity index (χ3n) is 5.12. The molecule has 2 aliphatic heterocycles. The van der Waals surface area contributed by atoms with Gasteiger partial charge in [-0.1, -0.05) is 47.5 Å². The molecule has 0 radical (unpaired) electrons. The molecule has 156 valence electrons.